The third-order valence-corrected chi connectivity index (χ3v) is 4.75. The van der Waals surface area contributed by atoms with E-state index >= 15 is 0 Å². The first-order chi connectivity index (χ1) is 11.7. The molecule has 126 valence electrons. The highest BCUT2D eigenvalue weighted by atomic mass is 16.5. The number of methoxy groups -OCH3 is 1. The number of carbonyl (C=O) groups is 1. The lowest BCUT2D eigenvalue weighted by Crippen LogP contribution is -2.32. The number of rotatable bonds is 5. The molecule has 1 aliphatic heterocycles. The van der Waals surface area contributed by atoms with Gasteiger partial charge in [0.15, 0.2) is 5.82 Å². The zero-order chi connectivity index (χ0) is 16.5. The minimum Gasteiger partial charge on any atom is -0.497 e. The molecule has 2 aliphatic rings. The van der Waals surface area contributed by atoms with Crippen molar-refractivity contribution < 1.29 is 14.1 Å². The molecule has 6 nitrogen and oxygen atoms in total. The molecule has 2 fully saturated rings. The number of hydrogen-bond donors (Lipinski definition) is 0. The normalized spacial score (nSPS) is 20.4. The highest BCUT2D eigenvalue weighted by Crippen LogP contribution is 2.39. The number of likely N-dealkylation sites (tertiary alicyclic amines) is 1. The largest absolute Gasteiger partial charge is 0.497 e. The molecule has 0 radical (unpaired) electrons. The van der Waals surface area contributed by atoms with Gasteiger partial charge in [-0.05, 0) is 43.4 Å². The number of ether oxygens (including phenoxy) is 1. The quantitative estimate of drug-likeness (QED) is 0.844. The summed E-state index contributed by atoms with van der Waals surface area (Å²) < 4.78 is 10.7. The second kappa shape index (κ2) is 6.26. The maximum absolute atomic E-state index is 12.7. The molecule has 4 rings (SSSR count). The number of hydrogen-bond acceptors (Lipinski definition) is 5. The van der Waals surface area contributed by atoms with Crippen molar-refractivity contribution in [3.63, 3.8) is 0 Å². The van der Waals surface area contributed by atoms with E-state index in [4.69, 9.17) is 9.26 Å². The molecular formula is C18H21N3O3. The second-order valence-corrected chi connectivity index (χ2v) is 6.54. The van der Waals surface area contributed by atoms with Crippen LogP contribution in [0.15, 0.2) is 28.8 Å². The van der Waals surface area contributed by atoms with Crippen molar-refractivity contribution >= 4 is 5.91 Å². The van der Waals surface area contributed by atoms with Gasteiger partial charge in [0.2, 0.25) is 11.8 Å². The maximum atomic E-state index is 12.7. The molecule has 24 heavy (non-hydrogen) atoms. The Morgan fingerprint density at radius 1 is 1.38 bits per heavy atom. The van der Waals surface area contributed by atoms with Crippen molar-refractivity contribution in [2.45, 2.75) is 44.1 Å². The maximum Gasteiger partial charge on any atom is 0.249 e. The van der Waals surface area contributed by atoms with E-state index in [-0.39, 0.29) is 11.9 Å². The number of amides is 1. The van der Waals surface area contributed by atoms with Crippen molar-refractivity contribution in [3.05, 3.63) is 41.5 Å². The summed E-state index contributed by atoms with van der Waals surface area (Å²) in [6.07, 6.45) is 4.49. The summed E-state index contributed by atoms with van der Waals surface area (Å²) in [5.41, 5.74) is 0.953. The summed E-state index contributed by atoms with van der Waals surface area (Å²) in [6, 6.07) is 7.56. The van der Waals surface area contributed by atoms with Crippen LogP contribution in [0.5, 0.6) is 5.75 Å². The summed E-state index contributed by atoms with van der Waals surface area (Å²) in [5, 5.41) is 4.08. The summed E-state index contributed by atoms with van der Waals surface area (Å²) in [6.45, 7) is 0.745. The molecule has 1 amide bonds. The molecule has 2 heterocycles. The Labute approximate surface area is 140 Å². The van der Waals surface area contributed by atoms with E-state index < -0.39 is 0 Å². The molecule has 1 atom stereocenters. The van der Waals surface area contributed by atoms with Gasteiger partial charge in [-0.15, -0.1) is 0 Å². The summed E-state index contributed by atoms with van der Waals surface area (Å²) in [4.78, 5) is 19.2. The topological polar surface area (TPSA) is 68.5 Å². The van der Waals surface area contributed by atoms with E-state index in [0.29, 0.717) is 18.2 Å². The predicted molar refractivity (Wildman–Crippen MR) is 86.7 cm³/mol. The van der Waals surface area contributed by atoms with Crippen LogP contribution in [0.4, 0.5) is 0 Å². The van der Waals surface area contributed by atoms with Crippen LogP contribution in [0.1, 0.15) is 54.9 Å². The molecule has 2 aromatic rings. The van der Waals surface area contributed by atoms with E-state index in [1.807, 2.05) is 29.2 Å². The number of aromatic nitrogens is 2. The molecular weight excluding hydrogens is 306 g/mol. The van der Waals surface area contributed by atoms with Crippen molar-refractivity contribution in [3.8, 4) is 5.75 Å². The minimum atomic E-state index is -0.0805. The summed E-state index contributed by atoms with van der Waals surface area (Å²) in [7, 11) is 1.63. The smallest absolute Gasteiger partial charge is 0.249 e. The monoisotopic (exact) mass is 327 g/mol. The molecule has 0 N–H and O–H groups in total. The van der Waals surface area contributed by atoms with Gasteiger partial charge in [0.25, 0.3) is 0 Å². The van der Waals surface area contributed by atoms with Crippen LogP contribution >= 0.6 is 0 Å². The Bertz CT molecular complexity index is 739. The summed E-state index contributed by atoms with van der Waals surface area (Å²) >= 11 is 0. The molecule has 1 saturated heterocycles. The Morgan fingerprint density at radius 3 is 3.04 bits per heavy atom. The van der Waals surface area contributed by atoms with Gasteiger partial charge in [0.05, 0.1) is 13.5 Å². The van der Waals surface area contributed by atoms with Gasteiger partial charge in [-0.1, -0.05) is 17.3 Å². The van der Waals surface area contributed by atoms with Crippen LogP contribution in [0.2, 0.25) is 0 Å². The SMILES string of the molecule is COc1cccc(CC(=O)N2CCCC2c2nc(C3CC3)no2)c1. The Balaban J connectivity index is 1.47. The molecule has 0 spiro atoms. The molecule has 1 aliphatic carbocycles. The third-order valence-electron chi connectivity index (χ3n) is 4.75. The van der Waals surface area contributed by atoms with Crippen LogP contribution in [0, 0.1) is 0 Å². The third kappa shape index (κ3) is 3.00. The highest BCUT2D eigenvalue weighted by molar-refractivity contribution is 5.79. The van der Waals surface area contributed by atoms with Crippen LogP contribution in [-0.4, -0.2) is 34.6 Å². The molecule has 1 unspecified atom stereocenters. The van der Waals surface area contributed by atoms with E-state index in [9.17, 15) is 4.79 Å². The van der Waals surface area contributed by atoms with Crippen LogP contribution in [0.25, 0.3) is 0 Å². The molecule has 1 aromatic heterocycles. The average molecular weight is 327 g/mol. The second-order valence-electron chi connectivity index (χ2n) is 6.54. The first-order valence-corrected chi connectivity index (χ1v) is 8.50. The fourth-order valence-electron chi connectivity index (χ4n) is 3.27. The van der Waals surface area contributed by atoms with Gasteiger partial charge < -0.3 is 14.2 Å². The van der Waals surface area contributed by atoms with Gasteiger partial charge in [-0.2, -0.15) is 4.98 Å². The van der Waals surface area contributed by atoms with E-state index in [0.717, 1.165) is 49.4 Å². The standard InChI is InChI=1S/C18H21N3O3/c1-23-14-5-2-4-12(10-14)11-16(22)21-9-3-6-15(21)18-19-17(20-24-18)13-7-8-13/h2,4-5,10,13,15H,3,6-9,11H2,1H3. The fraction of sp³-hybridized carbons (Fsp3) is 0.500. The van der Waals surface area contributed by atoms with Crippen LogP contribution in [0.3, 0.4) is 0 Å². The zero-order valence-electron chi connectivity index (χ0n) is 13.8. The Hall–Kier alpha value is -2.37. The van der Waals surface area contributed by atoms with Gasteiger partial charge >= 0.3 is 0 Å². The lowest BCUT2D eigenvalue weighted by atomic mass is 10.1. The number of nitrogens with zero attached hydrogens (tertiary/aromatic N) is 3. The molecule has 6 heteroatoms. The Kier molecular flexibility index (Phi) is 3.96. The Morgan fingerprint density at radius 2 is 2.25 bits per heavy atom. The van der Waals surface area contributed by atoms with E-state index in [2.05, 4.69) is 10.1 Å². The number of carbonyl (C=O) groups excluding carboxylic acids is 1. The molecule has 1 aromatic carbocycles. The van der Waals surface area contributed by atoms with Gasteiger partial charge in [0.1, 0.15) is 11.8 Å². The fourth-order valence-corrected chi connectivity index (χ4v) is 3.27. The first kappa shape index (κ1) is 15.2. The zero-order valence-corrected chi connectivity index (χ0v) is 13.8. The number of benzene rings is 1. The summed E-state index contributed by atoms with van der Waals surface area (Å²) in [5.74, 6) is 2.72. The first-order valence-electron chi connectivity index (χ1n) is 8.50. The van der Waals surface area contributed by atoms with Gasteiger partial charge in [-0.3, -0.25) is 4.79 Å². The predicted octanol–water partition coefficient (Wildman–Crippen LogP) is 2.86. The van der Waals surface area contributed by atoms with Gasteiger partial charge in [0, 0.05) is 12.5 Å². The van der Waals surface area contributed by atoms with Crippen molar-refractivity contribution in [1.29, 1.82) is 0 Å². The van der Waals surface area contributed by atoms with Crippen molar-refractivity contribution in [2.75, 3.05) is 13.7 Å². The van der Waals surface area contributed by atoms with Crippen LogP contribution in [-0.2, 0) is 11.2 Å². The molecule has 1 saturated carbocycles. The van der Waals surface area contributed by atoms with Crippen molar-refractivity contribution in [2.24, 2.45) is 0 Å². The highest BCUT2D eigenvalue weighted by Gasteiger charge is 2.36. The molecule has 0 bridgehead atoms. The lowest BCUT2D eigenvalue weighted by Gasteiger charge is -2.22. The van der Waals surface area contributed by atoms with Crippen LogP contribution < -0.4 is 4.74 Å². The van der Waals surface area contributed by atoms with E-state index in [1.165, 1.54) is 0 Å². The van der Waals surface area contributed by atoms with Gasteiger partial charge in [-0.25, -0.2) is 0 Å². The lowest BCUT2D eigenvalue weighted by molar-refractivity contribution is -0.131. The van der Waals surface area contributed by atoms with E-state index in [1.54, 1.807) is 7.11 Å². The average Bonchev–Trinajstić information content (AvgIpc) is 3.13. The minimum absolute atomic E-state index is 0.0805. The van der Waals surface area contributed by atoms with Crippen molar-refractivity contribution in [1.82, 2.24) is 15.0 Å².